The predicted molar refractivity (Wildman–Crippen MR) is 74.6 cm³/mol. The summed E-state index contributed by atoms with van der Waals surface area (Å²) < 4.78 is 5.93. The molecule has 0 spiro atoms. The standard InChI is InChI=1S/C14H15N3O3/c15-10-4-1-5-12(10)20-13-7-6-11(17(18)19)9-3-2-8-16-14(9)13/h2-3,6-8,10,12H,1,4-5,15H2. The molecule has 6 heteroatoms. The van der Waals surface area contributed by atoms with E-state index in [1.54, 1.807) is 24.4 Å². The highest BCUT2D eigenvalue weighted by Crippen LogP contribution is 2.33. The van der Waals surface area contributed by atoms with Gasteiger partial charge < -0.3 is 10.5 Å². The van der Waals surface area contributed by atoms with Crippen molar-refractivity contribution in [3.8, 4) is 5.75 Å². The van der Waals surface area contributed by atoms with Gasteiger partial charge in [-0.1, -0.05) is 0 Å². The summed E-state index contributed by atoms with van der Waals surface area (Å²) in [4.78, 5) is 14.9. The predicted octanol–water partition coefficient (Wildman–Crippen LogP) is 2.40. The van der Waals surface area contributed by atoms with Gasteiger partial charge in [-0.15, -0.1) is 0 Å². The van der Waals surface area contributed by atoms with Gasteiger partial charge in [0.05, 0.1) is 10.3 Å². The first-order valence-corrected chi connectivity index (χ1v) is 6.61. The molecule has 0 aliphatic heterocycles. The van der Waals surface area contributed by atoms with Crippen LogP contribution >= 0.6 is 0 Å². The third kappa shape index (κ3) is 2.18. The van der Waals surface area contributed by atoms with Crippen LogP contribution in [-0.2, 0) is 0 Å². The molecule has 6 nitrogen and oxygen atoms in total. The molecule has 1 aliphatic carbocycles. The summed E-state index contributed by atoms with van der Waals surface area (Å²) in [5.41, 5.74) is 6.55. The Morgan fingerprint density at radius 3 is 2.90 bits per heavy atom. The van der Waals surface area contributed by atoms with Crippen molar-refractivity contribution in [1.82, 2.24) is 4.98 Å². The SMILES string of the molecule is NC1CCCC1Oc1ccc([N+](=O)[O-])c2cccnc12. The second-order valence-electron chi connectivity index (χ2n) is 4.99. The second-order valence-corrected chi connectivity index (χ2v) is 4.99. The van der Waals surface area contributed by atoms with Crippen molar-refractivity contribution >= 4 is 16.6 Å². The molecule has 0 amide bonds. The minimum Gasteiger partial charge on any atom is -0.487 e. The zero-order valence-corrected chi connectivity index (χ0v) is 10.9. The highest BCUT2D eigenvalue weighted by Gasteiger charge is 2.27. The molecule has 1 fully saturated rings. The van der Waals surface area contributed by atoms with E-state index in [1.165, 1.54) is 6.07 Å². The number of nitro benzene ring substituents is 1. The summed E-state index contributed by atoms with van der Waals surface area (Å²) in [5.74, 6) is 0.563. The molecule has 1 saturated carbocycles. The highest BCUT2D eigenvalue weighted by molar-refractivity contribution is 5.92. The topological polar surface area (TPSA) is 91.3 Å². The van der Waals surface area contributed by atoms with Crippen LogP contribution in [0.15, 0.2) is 30.5 Å². The van der Waals surface area contributed by atoms with Crippen LogP contribution in [0.3, 0.4) is 0 Å². The molecule has 2 atom stereocenters. The van der Waals surface area contributed by atoms with Gasteiger partial charge in [0.2, 0.25) is 0 Å². The Kier molecular flexibility index (Phi) is 3.23. The Bertz CT molecular complexity index is 659. The van der Waals surface area contributed by atoms with Crippen LogP contribution in [0, 0.1) is 10.1 Å². The molecule has 2 N–H and O–H groups in total. The van der Waals surface area contributed by atoms with E-state index in [2.05, 4.69) is 4.98 Å². The van der Waals surface area contributed by atoms with Crippen molar-refractivity contribution in [2.24, 2.45) is 5.73 Å². The molecular formula is C14H15N3O3. The number of pyridine rings is 1. The molecule has 2 aromatic rings. The van der Waals surface area contributed by atoms with Gasteiger partial charge in [0, 0.05) is 18.3 Å². The summed E-state index contributed by atoms with van der Waals surface area (Å²) in [5, 5.41) is 11.5. The van der Waals surface area contributed by atoms with Gasteiger partial charge in [-0.3, -0.25) is 15.1 Å². The van der Waals surface area contributed by atoms with E-state index < -0.39 is 4.92 Å². The molecule has 0 saturated heterocycles. The Morgan fingerprint density at radius 1 is 1.35 bits per heavy atom. The quantitative estimate of drug-likeness (QED) is 0.684. The number of ether oxygens (including phenoxy) is 1. The van der Waals surface area contributed by atoms with Crippen LogP contribution in [0.1, 0.15) is 19.3 Å². The van der Waals surface area contributed by atoms with Crippen LogP contribution in [0.25, 0.3) is 10.9 Å². The lowest BCUT2D eigenvalue weighted by Gasteiger charge is -2.18. The Labute approximate surface area is 115 Å². The highest BCUT2D eigenvalue weighted by atomic mass is 16.6. The number of nitrogens with two attached hydrogens (primary N) is 1. The van der Waals surface area contributed by atoms with E-state index in [0.717, 1.165) is 19.3 Å². The normalized spacial score (nSPS) is 22.1. The summed E-state index contributed by atoms with van der Waals surface area (Å²) in [7, 11) is 0. The van der Waals surface area contributed by atoms with Gasteiger partial charge in [0.15, 0.2) is 0 Å². The number of fused-ring (bicyclic) bond motifs is 1. The van der Waals surface area contributed by atoms with Crippen molar-refractivity contribution < 1.29 is 9.66 Å². The van der Waals surface area contributed by atoms with Crippen LogP contribution in [0.4, 0.5) is 5.69 Å². The first-order chi connectivity index (χ1) is 9.66. The number of nitrogens with zero attached hydrogens (tertiary/aromatic N) is 2. The third-order valence-corrected chi connectivity index (χ3v) is 3.69. The van der Waals surface area contributed by atoms with Gasteiger partial charge in [0.25, 0.3) is 5.69 Å². The van der Waals surface area contributed by atoms with Crippen LogP contribution in [0.5, 0.6) is 5.75 Å². The van der Waals surface area contributed by atoms with Gasteiger partial charge >= 0.3 is 0 Å². The Balaban J connectivity index is 2.04. The molecule has 1 aromatic carbocycles. The molecule has 3 rings (SSSR count). The number of benzene rings is 1. The first-order valence-electron chi connectivity index (χ1n) is 6.61. The monoisotopic (exact) mass is 273 g/mol. The zero-order valence-electron chi connectivity index (χ0n) is 10.9. The van der Waals surface area contributed by atoms with Crippen molar-refractivity contribution in [2.75, 3.05) is 0 Å². The van der Waals surface area contributed by atoms with Crippen molar-refractivity contribution in [3.05, 3.63) is 40.6 Å². The lowest BCUT2D eigenvalue weighted by atomic mass is 10.1. The lowest BCUT2D eigenvalue weighted by Crippen LogP contribution is -2.33. The van der Waals surface area contributed by atoms with E-state index >= 15 is 0 Å². The van der Waals surface area contributed by atoms with Crippen LogP contribution < -0.4 is 10.5 Å². The molecule has 20 heavy (non-hydrogen) atoms. The van der Waals surface area contributed by atoms with E-state index in [9.17, 15) is 10.1 Å². The van der Waals surface area contributed by atoms with E-state index in [-0.39, 0.29) is 17.8 Å². The maximum Gasteiger partial charge on any atom is 0.279 e. The summed E-state index contributed by atoms with van der Waals surface area (Å²) in [6.07, 6.45) is 4.47. The van der Waals surface area contributed by atoms with Gasteiger partial charge in [-0.05, 0) is 37.5 Å². The van der Waals surface area contributed by atoms with Crippen molar-refractivity contribution in [2.45, 2.75) is 31.4 Å². The van der Waals surface area contributed by atoms with Gasteiger partial charge in [0.1, 0.15) is 17.4 Å². The molecule has 1 aromatic heterocycles. The number of hydrogen-bond donors (Lipinski definition) is 1. The fourth-order valence-electron chi connectivity index (χ4n) is 2.65. The second kappa shape index (κ2) is 5.05. The minimum absolute atomic E-state index is 0.0176. The zero-order chi connectivity index (χ0) is 14.1. The van der Waals surface area contributed by atoms with Crippen LogP contribution in [0.2, 0.25) is 0 Å². The fourth-order valence-corrected chi connectivity index (χ4v) is 2.65. The largest absolute Gasteiger partial charge is 0.487 e. The molecule has 0 bridgehead atoms. The Morgan fingerprint density at radius 2 is 2.20 bits per heavy atom. The van der Waals surface area contributed by atoms with Crippen molar-refractivity contribution in [1.29, 1.82) is 0 Å². The molecule has 0 radical (unpaired) electrons. The summed E-state index contributed by atoms with van der Waals surface area (Å²) in [6, 6.07) is 6.45. The van der Waals surface area contributed by atoms with Gasteiger partial charge in [-0.2, -0.15) is 0 Å². The molecule has 2 unspecified atom stereocenters. The number of rotatable bonds is 3. The maximum atomic E-state index is 11.0. The number of aromatic nitrogens is 1. The van der Waals surface area contributed by atoms with E-state index in [4.69, 9.17) is 10.5 Å². The minimum atomic E-state index is -0.408. The number of hydrogen-bond acceptors (Lipinski definition) is 5. The van der Waals surface area contributed by atoms with Gasteiger partial charge in [-0.25, -0.2) is 0 Å². The average molecular weight is 273 g/mol. The number of nitro groups is 1. The smallest absolute Gasteiger partial charge is 0.279 e. The van der Waals surface area contributed by atoms with Crippen LogP contribution in [-0.4, -0.2) is 22.1 Å². The maximum absolute atomic E-state index is 11.0. The van der Waals surface area contributed by atoms with E-state index in [0.29, 0.717) is 16.7 Å². The lowest BCUT2D eigenvalue weighted by molar-refractivity contribution is -0.383. The molecule has 1 heterocycles. The van der Waals surface area contributed by atoms with E-state index in [1.807, 2.05) is 0 Å². The molecule has 1 aliphatic rings. The Hall–Kier alpha value is -2.21. The third-order valence-electron chi connectivity index (χ3n) is 3.69. The molecular weight excluding hydrogens is 258 g/mol. The molecule has 104 valence electrons. The average Bonchev–Trinajstić information content (AvgIpc) is 2.84. The first kappa shape index (κ1) is 12.8. The number of non-ortho nitro benzene ring substituents is 1. The summed E-state index contributed by atoms with van der Waals surface area (Å²) >= 11 is 0. The van der Waals surface area contributed by atoms with Crippen molar-refractivity contribution in [3.63, 3.8) is 0 Å². The fraction of sp³-hybridized carbons (Fsp3) is 0.357. The summed E-state index contributed by atoms with van der Waals surface area (Å²) in [6.45, 7) is 0.